The normalized spacial score (nSPS) is 11.8. The Morgan fingerprint density at radius 1 is 0.808 bits per heavy atom. The zero-order chi connectivity index (χ0) is 18.3. The minimum absolute atomic E-state index is 0.282. The van der Waals surface area contributed by atoms with Gasteiger partial charge in [-0.25, -0.2) is 12.8 Å². The van der Waals surface area contributed by atoms with Gasteiger partial charge in [-0.1, -0.05) is 30.3 Å². The first-order valence-electron chi connectivity index (χ1n) is 8.10. The van der Waals surface area contributed by atoms with Crippen molar-refractivity contribution >= 4 is 20.7 Å². The van der Waals surface area contributed by atoms with Crippen LogP contribution in [0.5, 0.6) is 0 Å². The number of hydrogen-bond donors (Lipinski definition) is 1. The summed E-state index contributed by atoms with van der Waals surface area (Å²) >= 11 is 0. The molecule has 0 unspecified atom stereocenters. The van der Waals surface area contributed by atoms with Crippen LogP contribution in [0.25, 0.3) is 33.3 Å². The zero-order valence-corrected chi connectivity index (χ0v) is 14.8. The molecule has 5 heteroatoms. The molecule has 0 amide bonds. The van der Waals surface area contributed by atoms with E-state index >= 15 is 0 Å². The van der Waals surface area contributed by atoms with Gasteiger partial charge in [-0.05, 0) is 53.6 Å². The number of halogens is 1. The van der Waals surface area contributed by atoms with E-state index in [1.807, 2.05) is 24.3 Å². The SMILES string of the molecule is CS(=O)(=O)c1ccc(-c2c(-c3ccc(F)cc3)[nH]c3ccccc23)cc1. The monoisotopic (exact) mass is 365 g/mol. The summed E-state index contributed by atoms with van der Waals surface area (Å²) < 4.78 is 36.8. The number of nitrogens with one attached hydrogen (secondary N) is 1. The van der Waals surface area contributed by atoms with Crippen molar-refractivity contribution < 1.29 is 12.8 Å². The Morgan fingerprint density at radius 3 is 2.08 bits per heavy atom. The molecular formula is C21H16FNO2S. The van der Waals surface area contributed by atoms with Gasteiger partial charge in [-0.15, -0.1) is 0 Å². The van der Waals surface area contributed by atoms with Gasteiger partial charge in [0, 0.05) is 22.7 Å². The van der Waals surface area contributed by atoms with Gasteiger partial charge in [0.25, 0.3) is 0 Å². The molecular weight excluding hydrogens is 349 g/mol. The standard InChI is InChI=1S/C21H16FNO2S/c1-26(24,25)17-12-8-14(9-13-17)20-18-4-2-3-5-19(18)23-21(20)15-6-10-16(22)11-7-15/h2-13,23H,1H3. The molecule has 1 heterocycles. The first kappa shape index (κ1) is 16.5. The van der Waals surface area contributed by atoms with E-state index in [2.05, 4.69) is 4.98 Å². The quantitative estimate of drug-likeness (QED) is 0.553. The second-order valence-corrected chi connectivity index (χ2v) is 8.24. The number of aromatic amines is 1. The molecule has 4 rings (SSSR count). The molecule has 3 nitrogen and oxygen atoms in total. The summed E-state index contributed by atoms with van der Waals surface area (Å²) in [4.78, 5) is 3.68. The Balaban J connectivity index is 1.96. The number of fused-ring (bicyclic) bond motifs is 1. The number of hydrogen-bond acceptors (Lipinski definition) is 2. The Morgan fingerprint density at radius 2 is 1.42 bits per heavy atom. The topological polar surface area (TPSA) is 49.9 Å². The molecule has 1 N–H and O–H groups in total. The van der Waals surface area contributed by atoms with Crippen LogP contribution in [0.15, 0.2) is 77.7 Å². The second kappa shape index (κ2) is 6.11. The van der Waals surface area contributed by atoms with Crippen LogP contribution in [0.4, 0.5) is 4.39 Å². The average molecular weight is 365 g/mol. The first-order valence-corrected chi connectivity index (χ1v) is 10.00. The molecule has 0 aliphatic carbocycles. The van der Waals surface area contributed by atoms with Crippen molar-refractivity contribution in [1.82, 2.24) is 4.98 Å². The number of H-pyrrole nitrogens is 1. The second-order valence-electron chi connectivity index (χ2n) is 6.22. The van der Waals surface area contributed by atoms with Crippen molar-refractivity contribution in [3.05, 3.63) is 78.6 Å². The highest BCUT2D eigenvalue weighted by Gasteiger charge is 2.16. The summed E-state index contributed by atoms with van der Waals surface area (Å²) in [7, 11) is -3.25. The Hall–Kier alpha value is -2.92. The number of aromatic nitrogens is 1. The van der Waals surface area contributed by atoms with Crippen LogP contribution in [-0.2, 0) is 9.84 Å². The van der Waals surface area contributed by atoms with E-state index in [0.29, 0.717) is 0 Å². The van der Waals surface area contributed by atoms with Gasteiger partial charge in [0.15, 0.2) is 9.84 Å². The van der Waals surface area contributed by atoms with Crippen molar-refractivity contribution in [1.29, 1.82) is 0 Å². The minimum atomic E-state index is -3.25. The third kappa shape index (κ3) is 2.91. The summed E-state index contributed by atoms with van der Waals surface area (Å²) in [5, 5.41) is 1.03. The number of benzene rings is 3. The van der Waals surface area contributed by atoms with Crippen molar-refractivity contribution in [2.75, 3.05) is 6.26 Å². The van der Waals surface area contributed by atoms with E-state index < -0.39 is 9.84 Å². The summed E-state index contributed by atoms with van der Waals surface area (Å²) in [6, 6.07) is 21.1. The van der Waals surface area contributed by atoms with Gasteiger partial charge in [0.2, 0.25) is 0 Å². The lowest BCUT2D eigenvalue weighted by atomic mass is 9.98. The summed E-state index contributed by atoms with van der Waals surface area (Å²) in [6.45, 7) is 0. The fourth-order valence-electron chi connectivity index (χ4n) is 3.14. The number of para-hydroxylation sites is 1. The van der Waals surface area contributed by atoms with Crippen LogP contribution in [0.2, 0.25) is 0 Å². The van der Waals surface area contributed by atoms with Gasteiger partial charge in [0.05, 0.1) is 10.6 Å². The van der Waals surface area contributed by atoms with Crippen LogP contribution >= 0.6 is 0 Å². The summed E-state index contributed by atoms with van der Waals surface area (Å²) in [5.41, 5.74) is 4.57. The molecule has 4 aromatic rings. The predicted molar refractivity (Wildman–Crippen MR) is 102 cm³/mol. The highest BCUT2D eigenvalue weighted by atomic mass is 32.2. The van der Waals surface area contributed by atoms with Gasteiger partial charge in [-0.2, -0.15) is 0 Å². The summed E-state index contributed by atoms with van der Waals surface area (Å²) in [5.74, 6) is -0.288. The lowest BCUT2D eigenvalue weighted by Gasteiger charge is -2.07. The van der Waals surface area contributed by atoms with Crippen LogP contribution < -0.4 is 0 Å². The fraction of sp³-hybridized carbons (Fsp3) is 0.0476. The molecule has 0 aliphatic rings. The zero-order valence-electron chi connectivity index (χ0n) is 14.0. The van der Waals surface area contributed by atoms with E-state index in [1.54, 1.807) is 36.4 Å². The number of rotatable bonds is 3. The van der Waals surface area contributed by atoms with Crippen LogP contribution in [0.3, 0.4) is 0 Å². The van der Waals surface area contributed by atoms with Crippen molar-refractivity contribution in [3.63, 3.8) is 0 Å². The molecule has 26 heavy (non-hydrogen) atoms. The lowest BCUT2D eigenvalue weighted by Crippen LogP contribution is -1.96. The highest BCUT2D eigenvalue weighted by molar-refractivity contribution is 7.90. The number of sulfone groups is 1. The largest absolute Gasteiger partial charge is 0.354 e. The lowest BCUT2D eigenvalue weighted by molar-refractivity contribution is 0.602. The maximum atomic E-state index is 13.3. The van der Waals surface area contributed by atoms with Crippen molar-refractivity contribution in [2.24, 2.45) is 0 Å². The molecule has 0 radical (unpaired) electrons. The molecule has 3 aromatic carbocycles. The van der Waals surface area contributed by atoms with E-state index in [1.165, 1.54) is 18.4 Å². The molecule has 0 fully saturated rings. The van der Waals surface area contributed by atoms with E-state index in [9.17, 15) is 12.8 Å². The first-order chi connectivity index (χ1) is 12.4. The molecule has 1 aromatic heterocycles. The molecule has 0 spiro atoms. The average Bonchev–Trinajstić information content (AvgIpc) is 3.01. The molecule has 130 valence electrons. The smallest absolute Gasteiger partial charge is 0.175 e. The van der Waals surface area contributed by atoms with E-state index in [0.717, 1.165) is 33.3 Å². The Bertz CT molecular complexity index is 1190. The molecule has 0 aliphatic heterocycles. The maximum Gasteiger partial charge on any atom is 0.175 e. The molecule has 0 saturated carbocycles. The Kier molecular flexibility index (Phi) is 3.89. The van der Waals surface area contributed by atoms with Crippen LogP contribution in [-0.4, -0.2) is 19.7 Å². The minimum Gasteiger partial charge on any atom is -0.354 e. The highest BCUT2D eigenvalue weighted by Crippen LogP contribution is 2.38. The van der Waals surface area contributed by atoms with Gasteiger partial charge >= 0.3 is 0 Å². The third-order valence-electron chi connectivity index (χ3n) is 4.41. The molecule has 0 bridgehead atoms. The van der Waals surface area contributed by atoms with Gasteiger partial charge in [0.1, 0.15) is 5.82 Å². The van der Waals surface area contributed by atoms with Gasteiger partial charge in [-0.3, -0.25) is 0 Å². The molecule has 0 atom stereocenters. The predicted octanol–water partition coefficient (Wildman–Crippen LogP) is 5.04. The Labute approximate surface area is 151 Å². The van der Waals surface area contributed by atoms with Crippen molar-refractivity contribution in [3.8, 4) is 22.4 Å². The van der Waals surface area contributed by atoms with Crippen LogP contribution in [0.1, 0.15) is 0 Å². The fourth-order valence-corrected chi connectivity index (χ4v) is 3.77. The maximum absolute atomic E-state index is 13.3. The van der Waals surface area contributed by atoms with E-state index in [-0.39, 0.29) is 10.7 Å². The van der Waals surface area contributed by atoms with Crippen molar-refractivity contribution in [2.45, 2.75) is 4.90 Å². The molecule has 0 saturated heterocycles. The summed E-state index contributed by atoms with van der Waals surface area (Å²) in [6.07, 6.45) is 1.19. The van der Waals surface area contributed by atoms with Crippen LogP contribution in [0, 0.1) is 5.82 Å². The third-order valence-corrected chi connectivity index (χ3v) is 5.54. The van der Waals surface area contributed by atoms with Gasteiger partial charge < -0.3 is 4.98 Å². The van der Waals surface area contributed by atoms with E-state index in [4.69, 9.17) is 0 Å².